The van der Waals surface area contributed by atoms with E-state index in [-0.39, 0.29) is 4.91 Å². The molecule has 1 fully saturated rings. The van der Waals surface area contributed by atoms with Crippen molar-refractivity contribution in [2.75, 3.05) is 28.4 Å². The Balaban J connectivity index is 2.44. The molecule has 0 saturated carbocycles. The first-order valence-electron chi connectivity index (χ1n) is 7.53. The Morgan fingerprint density at radius 1 is 1.08 bits per heavy atom. The first-order valence-corrected chi connectivity index (χ1v) is 8.35. The molecule has 1 atom stereocenters. The average Bonchev–Trinajstić information content (AvgIpc) is 2.92. The fourth-order valence-corrected chi connectivity index (χ4v) is 3.37. The van der Waals surface area contributed by atoms with E-state index in [0.29, 0.717) is 22.8 Å². The monoisotopic (exact) mass is 381 g/mol. The summed E-state index contributed by atoms with van der Waals surface area (Å²) >= 11 is 0.739. The van der Waals surface area contributed by atoms with Crippen LogP contribution >= 0.6 is 11.8 Å². The van der Waals surface area contributed by atoms with Crippen LogP contribution in [0.4, 0.5) is 4.79 Å². The van der Waals surface area contributed by atoms with Gasteiger partial charge in [-0.05, 0) is 36.9 Å². The molecule has 26 heavy (non-hydrogen) atoms. The minimum absolute atomic E-state index is 0.163. The lowest BCUT2D eigenvalue weighted by atomic mass is 10.1. The molecule has 1 unspecified atom stereocenters. The number of carbonyl (C=O) groups is 3. The minimum atomic E-state index is -1.01. The molecule has 140 valence electrons. The van der Waals surface area contributed by atoms with Crippen LogP contribution in [0, 0.1) is 0 Å². The van der Waals surface area contributed by atoms with E-state index in [1.54, 1.807) is 12.1 Å². The number of hydrogen-bond donors (Lipinski definition) is 0. The van der Waals surface area contributed by atoms with Crippen molar-refractivity contribution in [3.63, 3.8) is 0 Å². The molecular formula is C17H19NO7S. The van der Waals surface area contributed by atoms with Gasteiger partial charge in [0.1, 0.15) is 6.04 Å². The molecule has 0 bridgehead atoms. The third kappa shape index (κ3) is 3.48. The number of hydrogen-bond acceptors (Lipinski definition) is 8. The third-order valence-electron chi connectivity index (χ3n) is 3.77. The van der Waals surface area contributed by atoms with E-state index in [1.165, 1.54) is 41.4 Å². The van der Waals surface area contributed by atoms with E-state index >= 15 is 0 Å². The Morgan fingerprint density at radius 3 is 2.27 bits per heavy atom. The fourth-order valence-electron chi connectivity index (χ4n) is 2.47. The average molecular weight is 381 g/mol. The summed E-state index contributed by atoms with van der Waals surface area (Å²) in [5.41, 5.74) is 0.529. The van der Waals surface area contributed by atoms with E-state index in [9.17, 15) is 14.4 Å². The van der Waals surface area contributed by atoms with Crippen molar-refractivity contribution in [2.45, 2.75) is 13.0 Å². The quantitative estimate of drug-likeness (QED) is 0.548. The van der Waals surface area contributed by atoms with Crippen LogP contribution in [0.2, 0.25) is 0 Å². The summed E-state index contributed by atoms with van der Waals surface area (Å²) in [5, 5.41) is -0.543. The van der Waals surface area contributed by atoms with Crippen LogP contribution in [-0.4, -0.2) is 56.5 Å². The lowest BCUT2D eigenvalue weighted by Gasteiger charge is -2.18. The number of methoxy groups -OCH3 is 4. The third-order valence-corrected chi connectivity index (χ3v) is 4.66. The van der Waals surface area contributed by atoms with Crippen LogP contribution in [0.5, 0.6) is 17.2 Å². The van der Waals surface area contributed by atoms with E-state index in [0.717, 1.165) is 16.7 Å². The summed E-state index contributed by atoms with van der Waals surface area (Å²) in [5.74, 6) is -0.0496. The van der Waals surface area contributed by atoms with Crippen LogP contribution in [0.1, 0.15) is 12.5 Å². The van der Waals surface area contributed by atoms with E-state index in [1.807, 2.05) is 0 Å². The van der Waals surface area contributed by atoms with Gasteiger partial charge in [0, 0.05) is 5.56 Å². The van der Waals surface area contributed by atoms with Crippen molar-refractivity contribution in [3.8, 4) is 17.2 Å². The van der Waals surface area contributed by atoms with Gasteiger partial charge in [-0.3, -0.25) is 14.5 Å². The molecule has 2 rings (SSSR count). The molecule has 0 N–H and O–H groups in total. The number of amides is 2. The molecule has 9 heteroatoms. The predicted molar refractivity (Wildman–Crippen MR) is 95.4 cm³/mol. The SMILES string of the molecule is COC(=O)C(C)N1C(=O)S/C(=C\c2ccc(OC)c(OC)c2OC)C1=O. The van der Waals surface area contributed by atoms with Crippen LogP contribution in [0.25, 0.3) is 6.08 Å². The molecule has 0 aliphatic carbocycles. The molecule has 0 radical (unpaired) electrons. The highest BCUT2D eigenvalue weighted by atomic mass is 32.2. The number of rotatable bonds is 6. The Bertz CT molecular complexity index is 775. The van der Waals surface area contributed by atoms with Gasteiger partial charge in [-0.2, -0.15) is 0 Å². The highest BCUT2D eigenvalue weighted by Crippen LogP contribution is 2.42. The van der Waals surface area contributed by atoms with Crippen molar-refractivity contribution >= 4 is 35.0 Å². The molecule has 8 nitrogen and oxygen atoms in total. The number of esters is 1. The zero-order chi connectivity index (χ0) is 19.4. The summed E-state index contributed by atoms with van der Waals surface area (Å²) in [6.45, 7) is 1.43. The summed E-state index contributed by atoms with van der Waals surface area (Å²) in [4.78, 5) is 37.4. The van der Waals surface area contributed by atoms with Crippen LogP contribution in [-0.2, 0) is 14.3 Å². The molecular weight excluding hydrogens is 362 g/mol. The number of carbonyl (C=O) groups excluding carboxylic acids is 3. The standard InChI is InChI=1S/C17H19NO7S/c1-9(16(20)25-5)18-15(19)12(26-17(18)21)8-10-6-7-11(22-2)14(24-4)13(10)23-3/h6-9H,1-5H3/b12-8-. The Morgan fingerprint density at radius 2 is 1.73 bits per heavy atom. The number of benzene rings is 1. The van der Waals surface area contributed by atoms with Crippen molar-refractivity contribution in [2.24, 2.45) is 0 Å². The highest BCUT2D eigenvalue weighted by Gasteiger charge is 2.41. The van der Waals surface area contributed by atoms with Crippen molar-refractivity contribution in [3.05, 3.63) is 22.6 Å². The molecule has 1 aliphatic heterocycles. The van der Waals surface area contributed by atoms with Gasteiger partial charge < -0.3 is 18.9 Å². The van der Waals surface area contributed by atoms with Gasteiger partial charge >= 0.3 is 5.97 Å². The van der Waals surface area contributed by atoms with Crippen LogP contribution in [0.3, 0.4) is 0 Å². The Kier molecular flexibility index (Phi) is 6.14. The van der Waals surface area contributed by atoms with E-state index < -0.39 is 23.2 Å². The molecule has 1 heterocycles. The number of imide groups is 1. The molecule has 1 aromatic carbocycles. The second-order valence-corrected chi connectivity index (χ2v) is 6.17. The van der Waals surface area contributed by atoms with Gasteiger partial charge in [-0.15, -0.1) is 0 Å². The molecule has 2 amide bonds. The van der Waals surface area contributed by atoms with Gasteiger partial charge in [-0.25, -0.2) is 4.79 Å². The summed E-state index contributed by atoms with van der Waals surface area (Å²) in [7, 11) is 5.62. The van der Waals surface area contributed by atoms with Gasteiger partial charge in [0.05, 0.1) is 33.3 Å². The van der Waals surface area contributed by atoms with Gasteiger partial charge in [-0.1, -0.05) is 0 Å². The zero-order valence-corrected chi connectivity index (χ0v) is 15.8. The lowest BCUT2D eigenvalue weighted by Crippen LogP contribution is -2.42. The second-order valence-electron chi connectivity index (χ2n) is 5.17. The van der Waals surface area contributed by atoms with E-state index in [2.05, 4.69) is 4.74 Å². The van der Waals surface area contributed by atoms with E-state index in [4.69, 9.17) is 14.2 Å². The summed E-state index contributed by atoms with van der Waals surface area (Å²) in [6.07, 6.45) is 1.51. The molecule has 0 aromatic heterocycles. The largest absolute Gasteiger partial charge is 0.493 e. The number of nitrogens with zero attached hydrogens (tertiary/aromatic N) is 1. The van der Waals surface area contributed by atoms with Gasteiger partial charge in [0.15, 0.2) is 11.5 Å². The topological polar surface area (TPSA) is 91.4 Å². The Labute approximate surface area is 155 Å². The van der Waals surface area contributed by atoms with Gasteiger partial charge in [0.25, 0.3) is 11.1 Å². The maximum absolute atomic E-state index is 12.6. The highest BCUT2D eigenvalue weighted by molar-refractivity contribution is 8.18. The summed E-state index contributed by atoms with van der Waals surface area (Å²) in [6, 6.07) is 2.33. The smallest absolute Gasteiger partial charge is 0.328 e. The minimum Gasteiger partial charge on any atom is -0.493 e. The maximum atomic E-state index is 12.6. The van der Waals surface area contributed by atoms with Gasteiger partial charge in [0.2, 0.25) is 5.75 Å². The van der Waals surface area contributed by atoms with Crippen molar-refractivity contribution in [1.82, 2.24) is 4.90 Å². The summed E-state index contributed by atoms with van der Waals surface area (Å²) < 4.78 is 20.5. The Hall–Kier alpha value is -2.68. The molecule has 1 saturated heterocycles. The maximum Gasteiger partial charge on any atom is 0.328 e. The number of ether oxygens (including phenoxy) is 4. The predicted octanol–water partition coefficient (Wildman–Crippen LogP) is 2.31. The number of thioether (sulfide) groups is 1. The van der Waals surface area contributed by atoms with Crippen LogP contribution < -0.4 is 14.2 Å². The lowest BCUT2D eigenvalue weighted by molar-refractivity contribution is -0.148. The molecule has 1 aromatic rings. The first-order chi connectivity index (χ1) is 12.4. The van der Waals surface area contributed by atoms with Crippen LogP contribution in [0.15, 0.2) is 17.0 Å². The first kappa shape index (κ1) is 19.6. The van der Waals surface area contributed by atoms with Crippen molar-refractivity contribution < 1.29 is 33.3 Å². The zero-order valence-electron chi connectivity index (χ0n) is 15.0. The van der Waals surface area contributed by atoms with Crippen molar-refractivity contribution in [1.29, 1.82) is 0 Å². The molecule has 0 spiro atoms. The normalized spacial score (nSPS) is 16.7. The molecule has 1 aliphatic rings. The second kappa shape index (κ2) is 8.13. The fraction of sp³-hybridized carbons (Fsp3) is 0.353.